The Bertz CT molecular complexity index is 695. The third-order valence-corrected chi connectivity index (χ3v) is 5.48. The van der Waals surface area contributed by atoms with Gasteiger partial charge in [-0.1, -0.05) is 0 Å². The number of likely N-dealkylation sites (tertiary alicyclic amines) is 1. The zero-order chi connectivity index (χ0) is 15.2. The van der Waals surface area contributed by atoms with Crippen molar-refractivity contribution in [3.05, 3.63) is 41.6 Å². The summed E-state index contributed by atoms with van der Waals surface area (Å²) in [4.78, 5) is 11.8. The number of hydrogen-bond acceptors (Lipinski definition) is 5. The summed E-state index contributed by atoms with van der Waals surface area (Å²) in [5.41, 5.74) is 2.64. The van der Waals surface area contributed by atoms with E-state index in [4.69, 9.17) is 9.40 Å². The van der Waals surface area contributed by atoms with Gasteiger partial charge in [-0.2, -0.15) is 0 Å². The maximum atomic E-state index is 5.48. The molecule has 5 heteroatoms. The molecule has 23 heavy (non-hydrogen) atoms. The third kappa shape index (κ3) is 2.63. The van der Waals surface area contributed by atoms with Crippen LogP contribution in [-0.2, 0) is 13.0 Å². The van der Waals surface area contributed by atoms with Gasteiger partial charge in [0.15, 0.2) is 0 Å². The Kier molecular flexibility index (Phi) is 3.14. The van der Waals surface area contributed by atoms with Crippen molar-refractivity contribution in [2.45, 2.75) is 31.7 Å². The van der Waals surface area contributed by atoms with E-state index in [2.05, 4.69) is 27.5 Å². The molecule has 0 aromatic carbocycles. The van der Waals surface area contributed by atoms with Crippen molar-refractivity contribution in [1.82, 2.24) is 14.9 Å². The molecule has 1 saturated heterocycles. The number of rotatable bonds is 5. The summed E-state index contributed by atoms with van der Waals surface area (Å²) in [6.07, 6.45) is 7.63. The Balaban J connectivity index is 1.27. The molecule has 2 fully saturated rings. The predicted molar refractivity (Wildman–Crippen MR) is 87.2 cm³/mol. The van der Waals surface area contributed by atoms with Crippen LogP contribution in [0, 0.1) is 11.8 Å². The molecule has 3 heterocycles. The highest BCUT2D eigenvalue weighted by atomic mass is 16.3. The van der Waals surface area contributed by atoms with Gasteiger partial charge >= 0.3 is 0 Å². The number of hydrogen-bond donors (Lipinski definition) is 1. The van der Waals surface area contributed by atoms with Crippen LogP contribution in [0.2, 0.25) is 0 Å². The fourth-order valence-electron chi connectivity index (χ4n) is 4.06. The van der Waals surface area contributed by atoms with Crippen LogP contribution >= 0.6 is 0 Å². The van der Waals surface area contributed by atoms with E-state index in [1.54, 1.807) is 6.26 Å². The largest absolute Gasteiger partial charge is 0.468 e. The van der Waals surface area contributed by atoms with E-state index in [1.165, 1.54) is 24.1 Å². The molecular formula is C18H22N4O. The van der Waals surface area contributed by atoms with Gasteiger partial charge in [-0.25, -0.2) is 9.97 Å². The lowest BCUT2D eigenvalue weighted by Gasteiger charge is -2.15. The maximum absolute atomic E-state index is 5.48. The number of nitrogens with one attached hydrogen (secondary N) is 1. The normalized spacial score (nSPS) is 26.3. The van der Waals surface area contributed by atoms with Gasteiger partial charge in [-0.05, 0) is 48.8 Å². The summed E-state index contributed by atoms with van der Waals surface area (Å²) in [5, 5.41) is 3.40. The third-order valence-electron chi connectivity index (χ3n) is 5.48. The number of aromatic nitrogens is 2. The fourth-order valence-corrected chi connectivity index (χ4v) is 4.06. The summed E-state index contributed by atoms with van der Waals surface area (Å²) >= 11 is 0. The average molecular weight is 310 g/mol. The van der Waals surface area contributed by atoms with Crippen molar-refractivity contribution in [2.75, 3.05) is 25.0 Å². The molecule has 0 bridgehead atoms. The minimum absolute atomic E-state index is 0.595. The Morgan fingerprint density at radius 1 is 1.30 bits per heavy atom. The van der Waals surface area contributed by atoms with Crippen LogP contribution in [0.25, 0.3) is 0 Å². The van der Waals surface area contributed by atoms with Crippen LogP contribution in [0.15, 0.2) is 29.0 Å². The van der Waals surface area contributed by atoms with E-state index in [0.717, 1.165) is 50.2 Å². The molecule has 0 unspecified atom stereocenters. The standard InChI is InChI=1S/C18H22N4O/c1-2-14(23-5-1)10-22-9-13-6-17-15(16(13)11-22)8-20-18(21-17)19-7-12-3-4-12/h1-2,5,8,12-13,16H,3-4,6-7,9-11H2,(H,19,20,21)/t13-,16+/m0/s1. The molecule has 3 aliphatic rings. The van der Waals surface area contributed by atoms with Crippen molar-refractivity contribution in [3.8, 4) is 0 Å². The monoisotopic (exact) mass is 310 g/mol. The van der Waals surface area contributed by atoms with Gasteiger partial charge in [0.1, 0.15) is 5.76 Å². The van der Waals surface area contributed by atoms with Crippen molar-refractivity contribution in [1.29, 1.82) is 0 Å². The molecule has 1 N–H and O–H groups in total. The van der Waals surface area contributed by atoms with E-state index in [1.807, 2.05) is 6.07 Å². The van der Waals surface area contributed by atoms with Crippen LogP contribution in [-0.4, -0.2) is 34.5 Å². The minimum atomic E-state index is 0.595. The van der Waals surface area contributed by atoms with Crippen molar-refractivity contribution in [3.63, 3.8) is 0 Å². The van der Waals surface area contributed by atoms with Crippen LogP contribution in [0.1, 0.15) is 35.8 Å². The maximum Gasteiger partial charge on any atom is 0.222 e. The zero-order valence-corrected chi connectivity index (χ0v) is 13.2. The highest BCUT2D eigenvalue weighted by Crippen LogP contribution is 2.42. The Morgan fingerprint density at radius 2 is 2.26 bits per heavy atom. The molecular weight excluding hydrogens is 288 g/mol. The first-order valence-corrected chi connectivity index (χ1v) is 8.69. The van der Waals surface area contributed by atoms with Crippen LogP contribution < -0.4 is 5.32 Å². The van der Waals surface area contributed by atoms with E-state index < -0.39 is 0 Å². The number of anilines is 1. The van der Waals surface area contributed by atoms with Crippen molar-refractivity contribution >= 4 is 5.95 Å². The Hall–Kier alpha value is -1.88. The fraction of sp³-hybridized carbons (Fsp3) is 0.556. The number of furan rings is 1. The summed E-state index contributed by atoms with van der Waals surface area (Å²) in [6.45, 7) is 4.17. The highest BCUT2D eigenvalue weighted by Gasteiger charge is 2.41. The highest BCUT2D eigenvalue weighted by molar-refractivity contribution is 5.37. The van der Waals surface area contributed by atoms with Gasteiger partial charge in [0, 0.05) is 37.4 Å². The summed E-state index contributed by atoms with van der Waals surface area (Å²) in [7, 11) is 0. The number of fused-ring (bicyclic) bond motifs is 3. The van der Waals surface area contributed by atoms with Gasteiger partial charge in [-0.15, -0.1) is 0 Å². The molecule has 1 saturated carbocycles. The molecule has 0 spiro atoms. The van der Waals surface area contributed by atoms with E-state index in [-0.39, 0.29) is 0 Å². The molecule has 0 amide bonds. The van der Waals surface area contributed by atoms with E-state index in [9.17, 15) is 0 Å². The molecule has 5 nitrogen and oxygen atoms in total. The molecule has 2 aromatic rings. The van der Waals surface area contributed by atoms with E-state index in [0.29, 0.717) is 11.8 Å². The van der Waals surface area contributed by atoms with Gasteiger partial charge in [0.05, 0.1) is 12.8 Å². The molecule has 120 valence electrons. The molecule has 2 atom stereocenters. The summed E-state index contributed by atoms with van der Waals surface area (Å²) < 4.78 is 5.48. The van der Waals surface area contributed by atoms with Crippen molar-refractivity contribution in [2.24, 2.45) is 11.8 Å². The zero-order valence-electron chi connectivity index (χ0n) is 13.2. The molecule has 0 radical (unpaired) electrons. The van der Waals surface area contributed by atoms with E-state index >= 15 is 0 Å². The lowest BCUT2D eigenvalue weighted by atomic mass is 9.98. The second-order valence-electron chi connectivity index (χ2n) is 7.26. The first-order valence-electron chi connectivity index (χ1n) is 8.69. The minimum Gasteiger partial charge on any atom is -0.468 e. The van der Waals surface area contributed by atoms with Gasteiger partial charge in [-0.3, -0.25) is 4.90 Å². The summed E-state index contributed by atoms with van der Waals surface area (Å²) in [5.74, 6) is 4.01. The Morgan fingerprint density at radius 3 is 3.09 bits per heavy atom. The second-order valence-corrected chi connectivity index (χ2v) is 7.26. The van der Waals surface area contributed by atoms with Gasteiger partial charge in [0.25, 0.3) is 0 Å². The smallest absolute Gasteiger partial charge is 0.222 e. The Labute approximate surface area is 136 Å². The lowest BCUT2D eigenvalue weighted by Crippen LogP contribution is -2.21. The van der Waals surface area contributed by atoms with Crippen LogP contribution in [0.3, 0.4) is 0 Å². The predicted octanol–water partition coefficient (Wildman–Crippen LogP) is 2.66. The first-order chi connectivity index (χ1) is 11.3. The van der Waals surface area contributed by atoms with Crippen LogP contribution in [0.5, 0.6) is 0 Å². The SMILES string of the molecule is c1coc(CN2C[C@@H]3Cc4nc(NCC5CC5)ncc4[C@@H]3C2)c1. The molecule has 2 aromatic heterocycles. The molecule has 5 rings (SSSR count). The second kappa shape index (κ2) is 5.34. The van der Waals surface area contributed by atoms with Crippen molar-refractivity contribution < 1.29 is 4.42 Å². The first kappa shape index (κ1) is 13.5. The quantitative estimate of drug-likeness (QED) is 0.920. The van der Waals surface area contributed by atoms with Gasteiger partial charge < -0.3 is 9.73 Å². The lowest BCUT2D eigenvalue weighted by molar-refractivity contribution is 0.284. The van der Waals surface area contributed by atoms with Crippen LogP contribution in [0.4, 0.5) is 5.95 Å². The molecule has 1 aliphatic heterocycles. The summed E-state index contributed by atoms with van der Waals surface area (Å²) in [6, 6.07) is 4.02. The molecule has 2 aliphatic carbocycles. The number of nitrogens with zero attached hydrogens (tertiary/aromatic N) is 3. The average Bonchev–Trinajstić information content (AvgIpc) is 2.93. The topological polar surface area (TPSA) is 54.2 Å². The van der Waals surface area contributed by atoms with Gasteiger partial charge in [0.2, 0.25) is 5.95 Å².